The van der Waals surface area contributed by atoms with E-state index < -0.39 is 0 Å². The van der Waals surface area contributed by atoms with Crippen molar-refractivity contribution in [1.82, 2.24) is 9.97 Å². The van der Waals surface area contributed by atoms with E-state index in [2.05, 4.69) is 36.8 Å². The molecule has 4 heteroatoms. The van der Waals surface area contributed by atoms with Gasteiger partial charge in [-0.15, -0.1) is 0 Å². The van der Waals surface area contributed by atoms with E-state index in [1.165, 1.54) is 5.56 Å². The zero-order valence-electron chi connectivity index (χ0n) is 12.3. The molecule has 4 nitrogen and oxygen atoms in total. The first-order valence-corrected chi connectivity index (χ1v) is 6.96. The van der Waals surface area contributed by atoms with Crippen LogP contribution in [0.1, 0.15) is 43.8 Å². The van der Waals surface area contributed by atoms with Crippen LogP contribution in [0.3, 0.4) is 0 Å². The molecule has 0 aliphatic carbocycles. The average Bonchev–Trinajstić information content (AvgIpc) is 2.47. The van der Waals surface area contributed by atoms with Crippen LogP contribution in [-0.4, -0.2) is 9.97 Å². The Morgan fingerprint density at radius 2 is 2.10 bits per heavy atom. The standard InChI is InChI=1S/C16H21N3O/c1-4-12-6-5-7-13(8-12)20-15-10-18-16(11(2)3)19-14(15)9-17/h5-8,10-11H,4,9,17H2,1-3H3. The van der Waals surface area contributed by atoms with E-state index in [1.54, 1.807) is 6.20 Å². The fourth-order valence-electron chi connectivity index (χ4n) is 1.89. The van der Waals surface area contributed by atoms with Gasteiger partial charge in [0.25, 0.3) is 0 Å². The van der Waals surface area contributed by atoms with Crippen molar-refractivity contribution in [3.63, 3.8) is 0 Å². The molecule has 0 aliphatic rings. The molecule has 0 saturated heterocycles. The van der Waals surface area contributed by atoms with Crippen LogP contribution in [0.4, 0.5) is 0 Å². The molecule has 2 aromatic rings. The lowest BCUT2D eigenvalue weighted by atomic mass is 10.2. The smallest absolute Gasteiger partial charge is 0.168 e. The van der Waals surface area contributed by atoms with Crippen LogP contribution in [-0.2, 0) is 13.0 Å². The highest BCUT2D eigenvalue weighted by Gasteiger charge is 2.10. The minimum Gasteiger partial charge on any atom is -0.454 e. The molecule has 0 saturated carbocycles. The summed E-state index contributed by atoms with van der Waals surface area (Å²) in [6.07, 6.45) is 2.69. The van der Waals surface area contributed by atoms with Crippen LogP contribution in [0.15, 0.2) is 30.5 Å². The number of nitrogens with zero attached hydrogens (tertiary/aromatic N) is 2. The lowest BCUT2D eigenvalue weighted by Gasteiger charge is -2.12. The summed E-state index contributed by atoms with van der Waals surface area (Å²) in [5, 5.41) is 0. The minimum absolute atomic E-state index is 0.276. The Balaban J connectivity index is 2.28. The molecule has 1 aromatic carbocycles. The van der Waals surface area contributed by atoms with Gasteiger partial charge in [0, 0.05) is 12.5 Å². The van der Waals surface area contributed by atoms with Gasteiger partial charge < -0.3 is 10.5 Å². The first-order chi connectivity index (χ1) is 9.63. The van der Waals surface area contributed by atoms with Crippen LogP contribution < -0.4 is 10.5 Å². The third kappa shape index (κ3) is 3.33. The van der Waals surface area contributed by atoms with Gasteiger partial charge in [-0.25, -0.2) is 9.97 Å². The Labute approximate surface area is 120 Å². The second-order valence-corrected chi connectivity index (χ2v) is 5.00. The molecule has 1 aromatic heterocycles. The number of nitrogens with two attached hydrogens (primary N) is 1. The molecule has 0 aliphatic heterocycles. The molecule has 0 spiro atoms. The lowest BCUT2D eigenvalue weighted by Crippen LogP contribution is -2.07. The van der Waals surface area contributed by atoms with Gasteiger partial charge >= 0.3 is 0 Å². The van der Waals surface area contributed by atoms with E-state index in [0.717, 1.165) is 23.7 Å². The van der Waals surface area contributed by atoms with Crippen molar-refractivity contribution in [1.29, 1.82) is 0 Å². The highest BCUT2D eigenvalue weighted by Crippen LogP contribution is 2.25. The number of hydrogen-bond donors (Lipinski definition) is 1. The van der Waals surface area contributed by atoms with Gasteiger partial charge in [0.2, 0.25) is 0 Å². The van der Waals surface area contributed by atoms with Gasteiger partial charge in [-0.3, -0.25) is 0 Å². The summed E-state index contributed by atoms with van der Waals surface area (Å²) in [6.45, 7) is 6.57. The van der Waals surface area contributed by atoms with E-state index in [0.29, 0.717) is 12.3 Å². The third-order valence-electron chi connectivity index (χ3n) is 3.09. The van der Waals surface area contributed by atoms with Gasteiger partial charge in [-0.2, -0.15) is 0 Å². The molecule has 0 atom stereocenters. The second kappa shape index (κ2) is 6.48. The molecule has 0 fully saturated rings. The van der Waals surface area contributed by atoms with Crippen molar-refractivity contribution < 1.29 is 4.74 Å². The number of rotatable bonds is 5. The fourth-order valence-corrected chi connectivity index (χ4v) is 1.89. The Morgan fingerprint density at radius 3 is 2.75 bits per heavy atom. The van der Waals surface area contributed by atoms with Gasteiger partial charge in [-0.1, -0.05) is 32.9 Å². The highest BCUT2D eigenvalue weighted by molar-refractivity contribution is 5.35. The van der Waals surface area contributed by atoms with Gasteiger partial charge in [0.15, 0.2) is 5.75 Å². The topological polar surface area (TPSA) is 61.0 Å². The Morgan fingerprint density at radius 1 is 1.30 bits per heavy atom. The first-order valence-electron chi connectivity index (χ1n) is 6.96. The number of benzene rings is 1. The number of aryl methyl sites for hydroxylation is 1. The molecular weight excluding hydrogens is 250 g/mol. The molecule has 0 unspecified atom stereocenters. The largest absolute Gasteiger partial charge is 0.454 e. The maximum atomic E-state index is 5.87. The van der Waals surface area contributed by atoms with Crippen molar-refractivity contribution in [3.05, 3.63) is 47.5 Å². The van der Waals surface area contributed by atoms with Crippen LogP contribution >= 0.6 is 0 Å². The zero-order valence-corrected chi connectivity index (χ0v) is 12.3. The summed E-state index contributed by atoms with van der Waals surface area (Å²) >= 11 is 0. The third-order valence-corrected chi connectivity index (χ3v) is 3.09. The zero-order chi connectivity index (χ0) is 14.5. The van der Waals surface area contributed by atoms with E-state index in [9.17, 15) is 0 Å². The SMILES string of the molecule is CCc1cccc(Oc2cnc(C(C)C)nc2CN)c1. The summed E-state index contributed by atoms with van der Waals surface area (Å²) in [5.41, 5.74) is 7.73. The predicted molar refractivity (Wildman–Crippen MR) is 79.9 cm³/mol. The van der Waals surface area contributed by atoms with Crippen LogP contribution in [0.5, 0.6) is 11.5 Å². The summed E-state index contributed by atoms with van der Waals surface area (Å²) in [7, 11) is 0. The monoisotopic (exact) mass is 271 g/mol. The van der Waals surface area contributed by atoms with Crippen LogP contribution in [0.25, 0.3) is 0 Å². The summed E-state index contributed by atoms with van der Waals surface area (Å²) in [4.78, 5) is 8.80. The highest BCUT2D eigenvalue weighted by atomic mass is 16.5. The van der Waals surface area contributed by atoms with Crippen molar-refractivity contribution in [3.8, 4) is 11.5 Å². The lowest BCUT2D eigenvalue weighted by molar-refractivity contribution is 0.466. The fraction of sp³-hybridized carbons (Fsp3) is 0.375. The molecule has 2 N–H and O–H groups in total. The predicted octanol–water partition coefficient (Wildman–Crippen LogP) is 3.41. The maximum Gasteiger partial charge on any atom is 0.168 e. The number of ether oxygens (including phenoxy) is 1. The molecule has 106 valence electrons. The van der Waals surface area contributed by atoms with Gasteiger partial charge in [-0.05, 0) is 24.1 Å². The van der Waals surface area contributed by atoms with Crippen molar-refractivity contribution in [2.24, 2.45) is 5.73 Å². The molecular formula is C16H21N3O. The maximum absolute atomic E-state index is 5.87. The number of aromatic nitrogens is 2. The molecule has 0 amide bonds. The molecule has 1 heterocycles. The summed E-state index contributed by atoms with van der Waals surface area (Å²) in [6, 6.07) is 8.02. The Hall–Kier alpha value is -1.94. The second-order valence-electron chi connectivity index (χ2n) is 5.00. The van der Waals surface area contributed by atoms with E-state index >= 15 is 0 Å². The van der Waals surface area contributed by atoms with Crippen LogP contribution in [0, 0.1) is 0 Å². The van der Waals surface area contributed by atoms with Gasteiger partial charge in [0.1, 0.15) is 17.3 Å². The van der Waals surface area contributed by atoms with Crippen LogP contribution in [0.2, 0.25) is 0 Å². The minimum atomic E-state index is 0.276. The molecule has 0 bridgehead atoms. The normalized spacial score (nSPS) is 10.8. The molecule has 2 rings (SSSR count). The van der Waals surface area contributed by atoms with Crippen molar-refractivity contribution in [2.45, 2.75) is 39.7 Å². The van der Waals surface area contributed by atoms with E-state index in [1.807, 2.05) is 18.2 Å². The Kier molecular flexibility index (Phi) is 4.69. The Bertz CT molecular complexity index is 582. The molecule has 20 heavy (non-hydrogen) atoms. The van der Waals surface area contributed by atoms with E-state index in [-0.39, 0.29) is 5.92 Å². The van der Waals surface area contributed by atoms with Gasteiger partial charge in [0.05, 0.1) is 6.20 Å². The van der Waals surface area contributed by atoms with Crippen molar-refractivity contribution >= 4 is 0 Å². The van der Waals surface area contributed by atoms with Crippen molar-refractivity contribution in [2.75, 3.05) is 0 Å². The summed E-state index contributed by atoms with van der Waals surface area (Å²) < 4.78 is 5.87. The average molecular weight is 271 g/mol. The molecule has 0 radical (unpaired) electrons. The first kappa shape index (κ1) is 14.5. The quantitative estimate of drug-likeness (QED) is 0.905. The number of hydrogen-bond acceptors (Lipinski definition) is 4. The van der Waals surface area contributed by atoms with E-state index in [4.69, 9.17) is 10.5 Å². The summed E-state index contributed by atoms with van der Waals surface area (Å²) in [5.74, 6) is 2.49.